The first-order valence-corrected chi connectivity index (χ1v) is 6.63. The molecule has 1 aromatic carbocycles. The standard InChI is InChI=1S/C14H19N3O4/c1-2-8-15-11(18)9-16-14(21)17-12(13(19)20)10-6-4-3-5-7-10/h3-7,12H,2,8-9H2,1H3,(H,15,18)(H,19,20)(H2,16,17,21)/t12-/m1/s1. The minimum Gasteiger partial charge on any atom is -0.479 e. The Labute approximate surface area is 122 Å². The number of carboxylic acid groups (broad SMARTS) is 1. The van der Waals surface area contributed by atoms with E-state index < -0.39 is 18.0 Å². The SMILES string of the molecule is CCCNC(=O)CNC(=O)N[C@@H](C(=O)O)c1ccccc1. The first-order valence-electron chi connectivity index (χ1n) is 6.63. The molecule has 0 fully saturated rings. The summed E-state index contributed by atoms with van der Waals surface area (Å²) in [5.74, 6) is -1.50. The Hall–Kier alpha value is -2.57. The number of hydrogen-bond donors (Lipinski definition) is 4. The molecule has 0 spiro atoms. The summed E-state index contributed by atoms with van der Waals surface area (Å²) in [4.78, 5) is 34.2. The Morgan fingerprint density at radius 1 is 1.14 bits per heavy atom. The van der Waals surface area contributed by atoms with Crippen molar-refractivity contribution in [3.8, 4) is 0 Å². The van der Waals surface area contributed by atoms with Gasteiger partial charge >= 0.3 is 12.0 Å². The van der Waals surface area contributed by atoms with Gasteiger partial charge in [0.15, 0.2) is 6.04 Å². The highest BCUT2D eigenvalue weighted by Crippen LogP contribution is 2.12. The van der Waals surface area contributed by atoms with Crippen LogP contribution >= 0.6 is 0 Å². The van der Waals surface area contributed by atoms with Crippen LogP contribution in [0.15, 0.2) is 30.3 Å². The zero-order valence-corrected chi connectivity index (χ0v) is 11.8. The lowest BCUT2D eigenvalue weighted by Crippen LogP contribution is -2.44. The van der Waals surface area contributed by atoms with Crippen molar-refractivity contribution in [2.24, 2.45) is 0 Å². The predicted molar refractivity (Wildman–Crippen MR) is 76.7 cm³/mol. The molecule has 0 aliphatic heterocycles. The van der Waals surface area contributed by atoms with Gasteiger partial charge in [-0.3, -0.25) is 4.79 Å². The average molecular weight is 293 g/mol. The van der Waals surface area contributed by atoms with Crippen LogP contribution in [0.1, 0.15) is 24.9 Å². The number of carbonyl (C=O) groups excluding carboxylic acids is 2. The highest BCUT2D eigenvalue weighted by Gasteiger charge is 2.21. The fourth-order valence-corrected chi connectivity index (χ4v) is 1.60. The van der Waals surface area contributed by atoms with E-state index in [9.17, 15) is 14.4 Å². The van der Waals surface area contributed by atoms with E-state index >= 15 is 0 Å². The van der Waals surface area contributed by atoms with E-state index in [0.29, 0.717) is 12.1 Å². The summed E-state index contributed by atoms with van der Waals surface area (Å²) in [6.45, 7) is 2.24. The number of rotatable bonds is 7. The fourth-order valence-electron chi connectivity index (χ4n) is 1.60. The second kappa shape index (κ2) is 8.57. The number of nitrogens with one attached hydrogen (secondary N) is 3. The second-order valence-electron chi connectivity index (χ2n) is 4.36. The lowest BCUT2D eigenvalue weighted by Gasteiger charge is -2.15. The lowest BCUT2D eigenvalue weighted by molar-refractivity contribution is -0.139. The molecule has 0 aliphatic carbocycles. The molecule has 0 aromatic heterocycles. The number of urea groups is 1. The van der Waals surface area contributed by atoms with Gasteiger partial charge in [-0.25, -0.2) is 9.59 Å². The van der Waals surface area contributed by atoms with Crippen molar-refractivity contribution in [2.75, 3.05) is 13.1 Å². The monoisotopic (exact) mass is 293 g/mol. The number of benzene rings is 1. The van der Waals surface area contributed by atoms with Crippen LogP contribution in [-0.4, -0.2) is 36.1 Å². The van der Waals surface area contributed by atoms with Crippen LogP contribution in [0.4, 0.5) is 4.79 Å². The van der Waals surface area contributed by atoms with Gasteiger partial charge in [-0.1, -0.05) is 37.3 Å². The highest BCUT2D eigenvalue weighted by molar-refractivity contribution is 5.87. The van der Waals surface area contributed by atoms with E-state index in [-0.39, 0.29) is 12.5 Å². The molecule has 21 heavy (non-hydrogen) atoms. The van der Waals surface area contributed by atoms with Gasteiger partial charge in [-0.15, -0.1) is 0 Å². The maximum absolute atomic E-state index is 11.6. The van der Waals surface area contributed by atoms with E-state index in [1.165, 1.54) is 0 Å². The van der Waals surface area contributed by atoms with Crippen LogP contribution in [0.25, 0.3) is 0 Å². The van der Waals surface area contributed by atoms with Gasteiger partial charge < -0.3 is 21.1 Å². The van der Waals surface area contributed by atoms with Crippen molar-refractivity contribution in [3.05, 3.63) is 35.9 Å². The Kier molecular flexibility index (Phi) is 6.73. The quantitative estimate of drug-likeness (QED) is 0.591. The first kappa shape index (κ1) is 16.5. The van der Waals surface area contributed by atoms with Crippen LogP contribution in [0.3, 0.4) is 0 Å². The molecule has 0 saturated carbocycles. The Morgan fingerprint density at radius 2 is 1.81 bits per heavy atom. The first-order chi connectivity index (χ1) is 10.0. The van der Waals surface area contributed by atoms with E-state index in [0.717, 1.165) is 6.42 Å². The molecule has 0 heterocycles. The van der Waals surface area contributed by atoms with Crippen molar-refractivity contribution in [3.63, 3.8) is 0 Å². The number of aliphatic carboxylic acids is 1. The summed E-state index contributed by atoms with van der Waals surface area (Å²) in [5.41, 5.74) is 0.454. The summed E-state index contributed by atoms with van der Waals surface area (Å²) in [6.07, 6.45) is 0.799. The molecular formula is C14H19N3O4. The van der Waals surface area contributed by atoms with Gasteiger partial charge in [0.2, 0.25) is 5.91 Å². The van der Waals surface area contributed by atoms with E-state index in [2.05, 4.69) is 16.0 Å². The number of hydrogen-bond acceptors (Lipinski definition) is 3. The topological polar surface area (TPSA) is 108 Å². The summed E-state index contributed by atoms with van der Waals surface area (Å²) in [6, 6.07) is 6.45. The molecule has 1 rings (SSSR count). The maximum Gasteiger partial charge on any atom is 0.330 e. The molecule has 4 N–H and O–H groups in total. The van der Waals surface area contributed by atoms with Crippen LogP contribution in [0.5, 0.6) is 0 Å². The van der Waals surface area contributed by atoms with Crippen LogP contribution in [0, 0.1) is 0 Å². The lowest BCUT2D eigenvalue weighted by atomic mass is 10.1. The number of carboxylic acids is 1. The summed E-state index contributed by atoms with van der Waals surface area (Å²) in [5, 5.41) is 16.4. The largest absolute Gasteiger partial charge is 0.479 e. The zero-order valence-electron chi connectivity index (χ0n) is 11.8. The maximum atomic E-state index is 11.6. The normalized spacial score (nSPS) is 11.3. The van der Waals surface area contributed by atoms with Gasteiger partial charge in [0.25, 0.3) is 0 Å². The van der Waals surface area contributed by atoms with Crippen molar-refractivity contribution < 1.29 is 19.5 Å². The number of carbonyl (C=O) groups is 3. The molecule has 0 bridgehead atoms. The molecule has 1 aromatic rings. The summed E-state index contributed by atoms with van der Waals surface area (Å²) >= 11 is 0. The van der Waals surface area contributed by atoms with Gasteiger partial charge in [0.05, 0.1) is 6.54 Å². The van der Waals surface area contributed by atoms with E-state index in [1.807, 2.05) is 6.92 Å². The van der Waals surface area contributed by atoms with Gasteiger partial charge in [0.1, 0.15) is 0 Å². The molecule has 0 radical (unpaired) electrons. The highest BCUT2D eigenvalue weighted by atomic mass is 16.4. The third-order valence-corrected chi connectivity index (χ3v) is 2.64. The Balaban J connectivity index is 2.51. The van der Waals surface area contributed by atoms with Crippen LogP contribution < -0.4 is 16.0 Å². The third-order valence-electron chi connectivity index (χ3n) is 2.64. The van der Waals surface area contributed by atoms with Crippen molar-refractivity contribution in [1.29, 1.82) is 0 Å². The average Bonchev–Trinajstić information content (AvgIpc) is 2.49. The Morgan fingerprint density at radius 3 is 2.38 bits per heavy atom. The van der Waals surface area contributed by atoms with Crippen molar-refractivity contribution in [1.82, 2.24) is 16.0 Å². The zero-order chi connectivity index (χ0) is 15.7. The predicted octanol–water partition coefficient (Wildman–Crippen LogP) is 0.638. The molecule has 7 nitrogen and oxygen atoms in total. The smallest absolute Gasteiger partial charge is 0.330 e. The van der Waals surface area contributed by atoms with E-state index in [1.54, 1.807) is 30.3 Å². The van der Waals surface area contributed by atoms with Crippen LogP contribution in [0.2, 0.25) is 0 Å². The molecule has 0 saturated heterocycles. The van der Waals surface area contributed by atoms with E-state index in [4.69, 9.17) is 5.11 Å². The van der Waals surface area contributed by atoms with Crippen molar-refractivity contribution in [2.45, 2.75) is 19.4 Å². The molecule has 7 heteroatoms. The second-order valence-corrected chi connectivity index (χ2v) is 4.36. The third kappa shape index (κ3) is 5.94. The fraction of sp³-hybridized carbons (Fsp3) is 0.357. The minimum atomic E-state index is -1.17. The molecule has 0 aliphatic rings. The molecule has 114 valence electrons. The minimum absolute atomic E-state index is 0.201. The molecule has 1 atom stereocenters. The van der Waals surface area contributed by atoms with Gasteiger partial charge in [0, 0.05) is 6.54 Å². The van der Waals surface area contributed by atoms with Gasteiger partial charge in [-0.2, -0.15) is 0 Å². The van der Waals surface area contributed by atoms with Gasteiger partial charge in [-0.05, 0) is 12.0 Å². The molecule has 3 amide bonds. The number of amides is 3. The molecular weight excluding hydrogens is 274 g/mol. The van der Waals surface area contributed by atoms with Crippen molar-refractivity contribution >= 4 is 17.9 Å². The summed E-state index contributed by atoms with van der Waals surface area (Å²) < 4.78 is 0. The Bertz CT molecular complexity index is 490. The van der Waals surface area contributed by atoms with Crippen LogP contribution in [-0.2, 0) is 9.59 Å². The molecule has 0 unspecified atom stereocenters. The summed E-state index contributed by atoms with van der Waals surface area (Å²) in [7, 11) is 0.